The number of hydrogen-bond acceptors (Lipinski definition) is 1. The summed E-state index contributed by atoms with van der Waals surface area (Å²) in [6.45, 7) is 2.24. The van der Waals surface area contributed by atoms with Crippen molar-refractivity contribution in [2.45, 2.75) is 58.3 Å². The van der Waals surface area contributed by atoms with Gasteiger partial charge in [-0.05, 0) is 44.3 Å². The van der Waals surface area contributed by atoms with Crippen molar-refractivity contribution in [3.63, 3.8) is 0 Å². The van der Waals surface area contributed by atoms with E-state index in [0.29, 0.717) is 0 Å². The van der Waals surface area contributed by atoms with Crippen molar-refractivity contribution < 1.29 is 0 Å². The molecular formula is C16H26S. The number of hydrogen-bond donors (Lipinski definition) is 0. The summed E-state index contributed by atoms with van der Waals surface area (Å²) in [5, 5.41) is 0. The first-order valence-electron chi connectivity index (χ1n) is 7.27. The summed E-state index contributed by atoms with van der Waals surface area (Å²) >= 11 is 2.18. The smallest absolute Gasteiger partial charge is 0.0146 e. The van der Waals surface area contributed by atoms with Crippen molar-refractivity contribution in [3.8, 4) is 0 Å². The van der Waals surface area contributed by atoms with E-state index in [1.807, 2.05) is 0 Å². The fourth-order valence-corrected chi connectivity index (χ4v) is 4.08. The van der Waals surface area contributed by atoms with Crippen LogP contribution in [-0.4, -0.2) is 11.5 Å². The lowest BCUT2D eigenvalue weighted by Crippen LogP contribution is -2.03. The van der Waals surface area contributed by atoms with Crippen LogP contribution in [0.4, 0.5) is 0 Å². The Labute approximate surface area is 111 Å². The molecule has 0 aromatic carbocycles. The third-order valence-electron chi connectivity index (χ3n) is 4.06. The number of thioether (sulfide) groups is 1. The molecule has 2 aliphatic carbocycles. The molecule has 96 valence electrons. The van der Waals surface area contributed by atoms with Gasteiger partial charge >= 0.3 is 0 Å². The Bertz CT molecular complexity index is 280. The van der Waals surface area contributed by atoms with Crippen molar-refractivity contribution >= 4 is 11.8 Å². The molecule has 0 heterocycles. The first kappa shape index (κ1) is 13.3. The van der Waals surface area contributed by atoms with Gasteiger partial charge < -0.3 is 0 Å². The zero-order chi connectivity index (χ0) is 11.9. The lowest BCUT2D eigenvalue weighted by Gasteiger charge is -2.15. The van der Waals surface area contributed by atoms with E-state index in [2.05, 4.69) is 30.8 Å². The molecule has 1 saturated carbocycles. The Morgan fingerprint density at radius 1 is 1.06 bits per heavy atom. The zero-order valence-electron chi connectivity index (χ0n) is 11.2. The second kappa shape index (κ2) is 7.31. The van der Waals surface area contributed by atoms with Crippen LogP contribution in [0.1, 0.15) is 58.3 Å². The molecule has 0 aromatic heterocycles. The minimum absolute atomic E-state index is 1.02. The highest BCUT2D eigenvalue weighted by Crippen LogP contribution is 2.28. The molecule has 0 spiro atoms. The van der Waals surface area contributed by atoms with Gasteiger partial charge in [0.25, 0.3) is 0 Å². The summed E-state index contributed by atoms with van der Waals surface area (Å²) in [5.74, 6) is 3.70. The van der Waals surface area contributed by atoms with Gasteiger partial charge in [0.05, 0.1) is 0 Å². The van der Waals surface area contributed by atoms with Crippen molar-refractivity contribution in [1.29, 1.82) is 0 Å². The highest BCUT2D eigenvalue weighted by Gasteiger charge is 2.12. The average Bonchev–Trinajstić information content (AvgIpc) is 2.60. The van der Waals surface area contributed by atoms with E-state index < -0.39 is 0 Å². The van der Waals surface area contributed by atoms with Gasteiger partial charge in [0.15, 0.2) is 0 Å². The SMILES string of the molecule is CC1=CC=C(CSCC2CCCCCC2)CC1. The minimum atomic E-state index is 1.02. The van der Waals surface area contributed by atoms with E-state index in [1.165, 1.54) is 62.9 Å². The molecule has 0 nitrogen and oxygen atoms in total. The van der Waals surface area contributed by atoms with Crippen LogP contribution in [0, 0.1) is 5.92 Å². The highest BCUT2D eigenvalue weighted by atomic mass is 32.2. The van der Waals surface area contributed by atoms with Gasteiger partial charge in [-0.2, -0.15) is 11.8 Å². The van der Waals surface area contributed by atoms with E-state index >= 15 is 0 Å². The Kier molecular flexibility index (Phi) is 5.70. The quantitative estimate of drug-likeness (QED) is 0.606. The van der Waals surface area contributed by atoms with Gasteiger partial charge in [-0.3, -0.25) is 0 Å². The lowest BCUT2D eigenvalue weighted by molar-refractivity contribution is 0.513. The summed E-state index contributed by atoms with van der Waals surface area (Å²) < 4.78 is 0. The molecule has 0 saturated heterocycles. The van der Waals surface area contributed by atoms with Crippen LogP contribution >= 0.6 is 11.8 Å². The zero-order valence-corrected chi connectivity index (χ0v) is 12.0. The van der Waals surface area contributed by atoms with Crippen LogP contribution in [0.3, 0.4) is 0 Å². The van der Waals surface area contributed by atoms with Gasteiger partial charge in [-0.15, -0.1) is 0 Å². The van der Waals surface area contributed by atoms with Crippen LogP contribution in [0.25, 0.3) is 0 Å². The van der Waals surface area contributed by atoms with E-state index in [1.54, 1.807) is 11.1 Å². The molecule has 2 rings (SSSR count). The molecule has 0 atom stereocenters. The largest absolute Gasteiger partial charge is 0.157 e. The second-order valence-corrected chi connectivity index (χ2v) is 6.74. The Balaban J connectivity index is 1.65. The predicted octanol–water partition coefficient (Wildman–Crippen LogP) is 5.36. The van der Waals surface area contributed by atoms with Gasteiger partial charge in [-0.1, -0.05) is 49.0 Å². The second-order valence-electron chi connectivity index (χ2n) is 5.71. The molecule has 2 aliphatic rings. The van der Waals surface area contributed by atoms with E-state index in [4.69, 9.17) is 0 Å². The normalized spacial score (nSPS) is 22.9. The standard InChI is InChI=1S/C16H26S/c1-14-8-10-16(11-9-14)13-17-12-15-6-4-2-3-5-7-15/h8,10,15H,2-7,9,11-13H2,1H3. The van der Waals surface area contributed by atoms with Gasteiger partial charge in [-0.25, -0.2) is 0 Å². The summed E-state index contributed by atoms with van der Waals surface area (Å²) in [5.41, 5.74) is 3.21. The summed E-state index contributed by atoms with van der Waals surface area (Å²) in [4.78, 5) is 0. The summed E-state index contributed by atoms with van der Waals surface area (Å²) in [6, 6.07) is 0. The molecule has 17 heavy (non-hydrogen) atoms. The molecule has 0 unspecified atom stereocenters. The fraction of sp³-hybridized carbons (Fsp3) is 0.750. The molecular weight excluding hydrogens is 224 g/mol. The Morgan fingerprint density at radius 3 is 2.47 bits per heavy atom. The van der Waals surface area contributed by atoms with E-state index in [-0.39, 0.29) is 0 Å². The minimum Gasteiger partial charge on any atom is -0.157 e. The molecule has 0 amide bonds. The molecule has 0 radical (unpaired) electrons. The van der Waals surface area contributed by atoms with Crippen molar-refractivity contribution in [1.82, 2.24) is 0 Å². The van der Waals surface area contributed by atoms with Crippen molar-refractivity contribution in [3.05, 3.63) is 23.3 Å². The maximum Gasteiger partial charge on any atom is 0.0146 e. The molecule has 0 aromatic rings. The van der Waals surface area contributed by atoms with Crippen LogP contribution in [-0.2, 0) is 0 Å². The average molecular weight is 250 g/mol. The van der Waals surface area contributed by atoms with Gasteiger partial charge in [0.2, 0.25) is 0 Å². The summed E-state index contributed by atoms with van der Waals surface area (Å²) in [6.07, 6.45) is 16.2. The summed E-state index contributed by atoms with van der Waals surface area (Å²) in [7, 11) is 0. The third-order valence-corrected chi connectivity index (χ3v) is 5.34. The maximum atomic E-state index is 2.36. The van der Waals surface area contributed by atoms with E-state index in [9.17, 15) is 0 Å². The highest BCUT2D eigenvalue weighted by molar-refractivity contribution is 7.99. The monoisotopic (exact) mass is 250 g/mol. The lowest BCUT2D eigenvalue weighted by atomic mass is 10.0. The van der Waals surface area contributed by atoms with Gasteiger partial charge in [0, 0.05) is 5.75 Å². The Morgan fingerprint density at radius 2 is 1.82 bits per heavy atom. The molecule has 0 bridgehead atoms. The van der Waals surface area contributed by atoms with Gasteiger partial charge in [0.1, 0.15) is 0 Å². The molecule has 0 aliphatic heterocycles. The topological polar surface area (TPSA) is 0 Å². The Hall–Kier alpha value is -0.170. The van der Waals surface area contributed by atoms with Crippen molar-refractivity contribution in [2.24, 2.45) is 5.92 Å². The first-order chi connectivity index (χ1) is 8.34. The molecule has 1 fully saturated rings. The number of rotatable bonds is 4. The van der Waals surface area contributed by atoms with Crippen LogP contribution < -0.4 is 0 Å². The predicted molar refractivity (Wildman–Crippen MR) is 79.6 cm³/mol. The first-order valence-corrected chi connectivity index (χ1v) is 8.43. The van der Waals surface area contributed by atoms with E-state index in [0.717, 1.165) is 5.92 Å². The fourth-order valence-electron chi connectivity index (χ4n) is 2.79. The van der Waals surface area contributed by atoms with Crippen LogP contribution in [0.2, 0.25) is 0 Å². The number of allylic oxidation sites excluding steroid dienone is 3. The third kappa shape index (κ3) is 4.91. The van der Waals surface area contributed by atoms with Crippen molar-refractivity contribution in [2.75, 3.05) is 11.5 Å². The van der Waals surface area contributed by atoms with Crippen LogP contribution in [0.15, 0.2) is 23.3 Å². The molecule has 0 N–H and O–H groups in total. The maximum absolute atomic E-state index is 2.36. The van der Waals surface area contributed by atoms with Crippen LogP contribution in [0.5, 0.6) is 0 Å². The molecule has 1 heteroatoms.